The first-order valence-corrected chi connectivity index (χ1v) is 10.0. The Hall–Kier alpha value is -2.97. The fourth-order valence-corrected chi connectivity index (χ4v) is 3.58. The molecule has 0 radical (unpaired) electrons. The first kappa shape index (κ1) is 20.8. The predicted octanol–water partition coefficient (Wildman–Crippen LogP) is 5.04. The van der Waals surface area contributed by atoms with E-state index in [0.29, 0.717) is 16.5 Å². The Kier molecular flexibility index (Phi) is 6.46. The van der Waals surface area contributed by atoms with E-state index in [9.17, 15) is 5.26 Å². The summed E-state index contributed by atoms with van der Waals surface area (Å²) in [6, 6.07) is 16.1. The SMILES string of the molecule is CCN(CC)c1ccc2c(c1)OC(/N=C/N(C)C)=C(C#N)C2c1ccc(Cl)cc1. The molecule has 0 saturated heterocycles. The summed E-state index contributed by atoms with van der Waals surface area (Å²) in [6.45, 7) is 6.06. The van der Waals surface area contributed by atoms with Crippen molar-refractivity contribution < 1.29 is 4.74 Å². The number of benzene rings is 2. The lowest BCUT2D eigenvalue weighted by atomic mass is 9.83. The molecular weight excluding hydrogens is 384 g/mol. The van der Waals surface area contributed by atoms with Crippen LogP contribution in [0.15, 0.2) is 58.9 Å². The molecule has 0 spiro atoms. The van der Waals surface area contributed by atoms with E-state index in [1.807, 2.05) is 55.4 Å². The highest BCUT2D eigenvalue weighted by atomic mass is 35.5. The summed E-state index contributed by atoms with van der Waals surface area (Å²) in [5, 5.41) is 10.6. The molecule has 0 N–H and O–H groups in total. The number of aliphatic imine (C=N–C) groups is 1. The van der Waals surface area contributed by atoms with E-state index in [-0.39, 0.29) is 5.92 Å². The molecule has 0 aromatic heterocycles. The van der Waals surface area contributed by atoms with Crippen molar-refractivity contribution in [2.45, 2.75) is 19.8 Å². The summed E-state index contributed by atoms with van der Waals surface area (Å²) >= 11 is 6.09. The Labute approximate surface area is 177 Å². The molecule has 0 aliphatic carbocycles. The summed E-state index contributed by atoms with van der Waals surface area (Å²) in [7, 11) is 3.75. The summed E-state index contributed by atoms with van der Waals surface area (Å²) in [5.74, 6) is 0.783. The van der Waals surface area contributed by atoms with Crippen molar-refractivity contribution in [1.82, 2.24) is 4.90 Å². The molecule has 5 nitrogen and oxygen atoms in total. The highest BCUT2D eigenvalue weighted by Crippen LogP contribution is 2.44. The van der Waals surface area contributed by atoms with Gasteiger partial charge in [-0.25, -0.2) is 4.99 Å². The summed E-state index contributed by atoms with van der Waals surface area (Å²) < 4.78 is 6.12. The van der Waals surface area contributed by atoms with Gasteiger partial charge in [-0.05, 0) is 37.6 Å². The quantitative estimate of drug-likeness (QED) is 0.496. The smallest absolute Gasteiger partial charge is 0.235 e. The molecule has 2 aromatic rings. The van der Waals surface area contributed by atoms with E-state index in [1.165, 1.54) is 0 Å². The Bertz CT molecular complexity index is 969. The van der Waals surface area contributed by atoms with Crippen LogP contribution in [0.2, 0.25) is 5.02 Å². The Morgan fingerprint density at radius 3 is 2.41 bits per heavy atom. The van der Waals surface area contributed by atoms with Crippen LogP contribution in [0.25, 0.3) is 0 Å². The van der Waals surface area contributed by atoms with Crippen LogP contribution >= 0.6 is 11.6 Å². The number of fused-ring (bicyclic) bond motifs is 1. The van der Waals surface area contributed by atoms with E-state index < -0.39 is 0 Å². The number of anilines is 1. The zero-order valence-electron chi connectivity index (χ0n) is 17.2. The molecule has 1 aliphatic rings. The molecule has 3 rings (SSSR count). The number of halogens is 1. The number of allylic oxidation sites excluding steroid dienone is 1. The molecule has 0 fully saturated rings. The van der Waals surface area contributed by atoms with Gasteiger partial charge in [0.2, 0.25) is 5.88 Å². The van der Waals surface area contributed by atoms with Crippen LogP contribution in [-0.2, 0) is 0 Å². The summed E-state index contributed by atoms with van der Waals surface area (Å²) in [5.41, 5.74) is 3.49. The second-order valence-electron chi connectivity index (χ2n) is 7.02. The molecule has 6 heteroatoms. The predicted molar refractivity (Wildman–Crippen MR) is 119 cm³/mol. The summed E-state index contributed by atoms with van der Waals surface area (Å²) in [6.07, 6.45) is 1.64. The molecule has 150 valence electrons. The van der Waals surface area contributed by atoms with E-state index in [1.54, 1.807) is 6.34 Å². The largest absolute Gasteiger partial charge is 0.437 e. The normalized spacial score (nSPS) is 15.7. The fraction of sp³-hybridized carbons (Fsp3) is 0.304. The van der Waals surface area contributed by atoms with Gasteiger partial charge < -0.3 is 14.5 Å². The van der Waals surface area contributed by atoms with Gasteiger partial charge in [0.05, 0.1) is 12.3 Å². The third-order valence-corrected chi connectivity index (χ3v) is 5.14. The van der Waals surface area contributed by atoms with Crippen molar-refractivity contribution in [2.24, 2.45) is 4.99 Å². The number of nitriles is 1. The van der Waals surface area contributed by atoms with Crippen LogP contribution < -0.4 is 9.64 Å². The maximum atomic E-state index is 9.95. The van der Waals surface area contributed by atoms with E-state index >= 15 is 0 Å². The van der Waals surface area contributed by atoms with Crippen molar-refractivity contribution in [2.75, 3.05) is 32.1 Å². The van der Waals surface area contributed by atoms with E-state index in [4.69, 9.17) is 16.3 Å². The van der Waals surface area contributed by atoms with Gasteiger partial charge in [-0.15, -0.1) is 0 Å². The van der Waals surface area contributed by atoms with E-state index in [2.05, 4.69) is 35.9 Å². The van der Waals surface area contributed by atoms with Gasteiger partial charge in [-0.2, -0.15) is 5.26 Å². The molecule has 1 heterocycles. The van der Waals surface area contributed by atoms with Gasteiger partial charge in [0.15, 0.2) is 0 Å². The average Bonchev–Trinajstić information content (AvgIpc) is 2.72. The highest BCUT2D eigenvalue weighted by Gasteiger charge is 2.32. The molecule has 1 atom stereocenters. The van der Waals surface area contributed by atoms with Crippen LogP contribution in [0.1, 0.15) is 30.9 Å². The zero-order valence-corrected chi connectivity index (χ0v) is 17.9. The summed E-state index contributed by atoms with van der Waals surface area (Å²) in [4.78, 5) is 8.51. The third kappa shape index (κ3) is 4.38. The van der Waals surface area contributed by atoms with Crippen LogP contribution in [0, 0.1) is 11.3 Å². The minimum atomic E-state index is -0.263. The minimum Gasteiger partial charge on any atom is -0.437 e. The van der Waals surface area contributed by atoms with Crippen molar-refractivity contribution in [3.05, 3.63) is 70.1 Å². The number of nitrogens with zero attached hydrogens (tertiary/aromatic N) is 4. The number of hydrogen-bond donors (Lipinski definition) is 0. The monoisotopic (exact) mass is 408 g/mol. The molecule has 1 unspecified atom stereocenters. The van der Waals surface area contributed by atoms with Crippen LogP contribution in [0.4, 0.5) is 5.69 Å². The molecule has 0 bridgehead atoms. The first-order valence-electron chi connectivity index (χ1n) is 9.65. The van der Waals surface area contributed by atoms with Crippen LogP contribution in [0.5, 0.6) is 5.75 Å². The molecule has 0 amide bonds. The lowest BCUT2D eigenvalue weighted by Gasteiger charge is -2.29. The third-order valence-electron chi connectivity index (χ3n) is 4.89. The lowest BCUT2D eigenvalue weighted by molar-refractivity contribution is 0.393. The van der Waals surface area contributed by atoms with Crippen LogP contribution in [-0.4, -0.2) is 38.4 Å². The maximum absolute atomic E-state index is 9.95. The Balaban J connectivity index is 2.17. The van der Waals surface area contributed by atoms with E-state index in [0.717, 1.165) is 35.7 Å². The fourth-order valence-electron chi connectivity index (χ4n) is 3.45. The van der Waals surface area contributed by atoms with Crippen LogP contribution in [0.3, 0.4) is 0 Å². The zero-order chi connectivity index (χ0) is 21.0. The van der Waals surface area contributed by atoms with Gasteiger partial charge >= 0.3 is 0 Å². The topological polar surface area (TPSA) is 51.9 Å². The van der Waals surface area contributed by atoms with Crippen molar-refractivity contribution in [1.29, 1.82) is 5.26 Å². The Morgan fingerprint density at radius 2 is 1.83 bits per heavy atom. The van der Waals surface area contributed by atoms with Gasteiger partial charge in [-0.1, -0.05) is 29.8 Å². The van der Waals surface area contributed by atoms with Gasteiger partial charge in [0.25, 0.3) is 0 Å². The molecule has 29 heavy (non-hydrogen) atoms. The standard InChI is InChI=1S/C23H25ClN4O/c1-5-28(6-2)18-11-12-19-21(13-18)29-23(26-15-27(3)4)20(14-25)22(19)16-7-9-17(24)10-8-16/h7-13,15,22H,5-6H2,1-4H3/b26-15+. The van der Waals surface area contributed by atoms with Crippen molar-refractivity contribution in [3.8, 4) is 11.8 Å². The van der Waals surface area contributed by atoms with Gasteiger partial charge in [0.1, 0.15) is 17.4 Å². The van der Waals surface area contributed by atoms with Gasteiger partial charge in [-0.3, -0.25) is 0 Å². The highest BCUT2D eigenvalue weighted by molar-refractivity contribution is 6.30. The second kappa shape index (κ2) is 9.02. The number of rotatable bonds is 6. The van der Waals surface area contributed by atoms with Crippen molar-refractivity contribution >= 4 is 23.6 Å². The van der Waals surface area contributed by atoms with Crippen molar-refractivity contribution in [3.63, 3.8) is 0 Å². The number of hydrogen-bond acceptors (Lipinski definition) is 4. The number of ether oxygens (including phenoxy) is 1. The minimum absolute atomic E-state index is 0.263. The maximum Gasteiger partial charge on any atom is 0.235 e. The van der Waals surface area contributed by atoms with Gasteiger partial charge in [0, 0.05) is 49.5 Å². The Morgan fingerprint density at radius 1 is 1.14 bits per heavy atom. The molecular formula is C23H25ClN4O. The average molecular weight is 409 g/mol. The molecule has 1 aliphatic heterocycles. The second-order valence-corrected chi connectivity index (χ2v) is 7.46. The lowest BCUT2D eigenvalue weighted by Crippen LogP contribution is -2.23. The molecule has 0 saturated carbocycles. The molecule has 2 aromatic carbocycles. The first-order chi connectivity index (χ1) is 14.0.